The summed E-state index contributed by atoms with van der Waals surface area (Å²) in [5, 5.41) is 5.81. The van der Waals surface area contributed by atoms with Crippen molar-refractivity contribution in [2.24, 2.45) is 0 Å². The summed E-state index contributed by atoms with van der Waals surface area (Å²) in [6, 6.07) is 13.6. The van der Waals surface area contributed by atoms with E-state index in [9.17, 15) is 13.2 Å². The molecule has 0 saturated carbocycles. The topological polar surface area (TPSA) is 120 Å². The zero-order chi connectivity index (χ0) is 23.4. The number of benzene rings is 1. The summed E-state index contributed by atoms with van der Waals surface area (Å²) >= 11 is 0. The number of rotatable bonds is 6. The molecule has 3 heterocycles. The van der Waals surface area contributed by atoms with Gasteiger partial charge in [-0.05, 0) is 43.3 Å². The van der Waals surface area contributed by atoms with Gasteiger partial charge < -0.3 is 15.5 Å². The maximum atomic E-state index is 13.1. The van der Waals surface area contributed by atoms with Gasteiger partial charge in [0, 0.05) is 51.1 Å². The minimum absolute atomic E-state index is 0.199. The highest BCUT2D eigenvalue weighted by Crippen LogP contribution is 2.23. The molecule has 10 nitrogen and oxygen atoms in total. The third-order valence-corrected chi connectivity index (χ3v) is 7.03. The van der Waals surface area contributed by atoms with Gasteiger partial charge in [0.2, 0.25) is 15.9 Å². The SMILES string of the molecule is CC(=O)Nc1ccc(S(=O)(=O)N2CCN(c3cc(Nc4ccccn4)nc(C)n3)CC2)cc1. The quantitative estimate of drug-likeness (QED) is 0.567. The summed E-state index contributed by atoms with van der Waals surface area (Å²) in [7, 11) is -3.63. The molecule has 1 amide bonds. The van der Waals surface area contributed by atoms with E-state index in [4.69, 9.17) is 0 Å². The summed E-state index contributed by atoms with van der Waals surface area (Å²) in [4.78, 5) is 26.6. The van der Waals surface area contributed by atoms with E-state index in [0.717, 1.165) is 5.82 Å². The van der Waals surface area contributed by atoms with Crippen molar-refractivity contribution in [1.29, 1.82) is 0 Å². The Kier molecular flexibility index (Phi) is 6.52. The van der Waals surface area contributed by atoms with Crippen LogP contribution in [0.15, 0.2) is 59.6 Å². The summed E-state index contributed by atoms with van der Waals surface area (Å²) in [5.41, 5.74) is 0.556. The standard InChI is InChI=1S/C22H25N7O3S/c1-16-24-21(27-20-5-3-4-10-23-20)15-22(25-16)28-11-13-29(14-12-28)33(31,32)19-8-6-18(7-9-19)26-17(2)30/h3-10,15H,11-14H2,1-2H3,(H,26,30)(H,23,24,25,27). The van der Waals surface area contributed by atoms with Crippen LogP contribution < -0.4 is 15.5 Å². The Morgan fingerprint density at radius 3 is 2.33 bits per heavy atom. The predicted molar refractivity (Wildman–Crippen MR) is 126 cm³/mol. The third-order valence-electron chi connectivity index (χ3n) is 5.12. The molecule has 0 atom stereocenters. The number of aromatic nitrogens is 3. The molecule has 0 radical (unpaired) electrons. The monoisotopic (exact) mass is 467 g/mol. The molecular formula is C22H25N7O3S. The van der Waals surface area contributed by atoms with Crippen molar-refractivity contribution < 1.29 is 13.2 Å². The summed E-state index contributed by atoms with van der Waals surface area (Å²) in [6.45, 7) is 4.90. The number of hydrogen-bond acceptors (Lipinski definition) is 8. The Labute approximate surface area is 192 Å². The first-order valence-corrected chi connectivity index (χ1v) is 11.9. The molecule has 0 aliphatic carbocycles. The van der Waals surface area contributed by atoms with Gasteiger partial charge >= 0.3 is 0 Å². The molecule has 1 aliphatic heterocycles. The lowest BCUT2D eigenvalue weighted by atomic mass is 10.3. The second kappa shape index (κ2) is 9.51. The van der Waals surface area contributed by atoms with Crippen LogP contribution in [0.3, 0.4) is 0 Å². The second-order valence-electron chi connectivity index (χ2n) is 7.60. The maximum Gasteiger partial charge on any atom is 0.243 e. The Morgan fingerprint density at radius 2 is 1.70 bits per heavy atom. The molecule has 0 spiro atoms. The van der Waals surface area contributed by atoms with Crippen LogP contribution in [0.5, 0.6) is 0 Å². The Morgan fingerprint density at radius 1 is 0.970 bits per heavy atom. The fourth-order valence-corrected chi connectivity index (χ4v) is 4.99. The minimum Gasteiger partial charge on any atom is -0.354 e. The van der Waals surface area contributed by atoms with Gasteiger partial charge in [-0.3, -0.25) is 4.79 Å². The molecule has 1 aliphatic rings. The molecular weight excluding hydrogens is 442 g/mol. The van der Waals surface area contributed by atoms with E-state index in [1.54, 1.807) is 18.3 Å². The van der Waals surface area contributed by atoms with Crippen LogP contribution in [0.1, 0.15) is 12.7 Å². The molecule has 11 heteroatoms. The third kappa shape index (κ3) is 5.44. The van der Waals surface area contributed by atoms with E-state index < -0.39 is 10.0 Å². The highest BCUT2D eigenvalue weighted by atomic mass is 32.2. The van der Waals surface area contributed by atoms with Gasteiger partial charge in [0.05, 0.1) is 4.90 Å². The molecule has 0 bridgehead atoms. The summed E-state index contributed by atoms with van der Waals surface area (Å²) in [6.07, 6.45) is 1.70. The van der Waals surface area contributed by atoms with E-state index in [1.165, 1.54) is 23.4 Å². The second-order valence-corrected chi connectivity index (χ2v) is 9.53. The molecule has 1 saturated heterocycles. The number of pyridine rings is 1. The molecule has 33 heavy (non-hydrogen) atoms. The van der Waals surface area contributed by atoms with Crippen molar-refractivity contribution in [3.05, 3.63) is 60.6 Å². The number of anilines is 4. The van der Waals surface area contributed by atoms with E-state index in [0.29, 0.717) is 49.3 Å². The number of carbonyl (C=O) groups excluding carboxylic acids is 1. The lowest BCUT2D eigenvalue weighted by molar-refractivity contribution is -0.114. The maximum absolute atomic E-state index is 13.1. The van der Waals surface area contributed by atoms with E-state index in [2.05, 4.69) is 25.6 Å². The number of carbonyl (C=O) groups is 1. The van der Waals surface area contributed by atoms with Gasteiger partial charge in [0.25, 0.3) is 0 Å². The molecule has 4 rings (SSSR count). The molecule has 2 N–H and O–H groups in total. The lowest BCUT2D eigenvalue weighted by Gasteiger charge is -2.34. The minimum atomic E-state index is -3.63. The van der Waals surface area contributed by atoms with Gasteiger partial charge in [-0.15, -0.1) is 0 Å². The molecule has 2 aromatic heterocycles. The molecule has 0 unspecified atom stereocenters. The normalized spacial score (nSPS) is 14.7. The Balaban J connectivity index is 1.43. The number of nitrogens with one attached hydrogen (secondary N) is 2. The number of nitrogens with zero attached hydrogens (tertiary/aromatic N) is 5. The van der Waals surface area contributed by atoms with Gasteiger partial charge in [-0.2, -0.15) is 4.31 Å². The van der Waals surface area contributed by atoms with Gasteiger partial charge in [0.15, 0.2) is 0 Å². The van der Waals surface area contributed by atoms with Crippen LogP contribution in [-0.2, 0) is 14.8 Å². The van der Waals surface area contributed by atoms with E-state index in [1.807, 2.05) is 36.1 Å². The Bertz CT molecular complexity index is 1230. The fraction of sp³-hybridized carbons (Fsp3) is 0.273. The average molecular weight is 468 g/mol. The first-order valence-electron chi connectivity index (χ1n) is 10.5. The Hall–Kier alpha value is -3.57. The summed E-state index contributed by atoms with van der Waals surface area (Å²) in [5.74, 6) is 2.45. The number of amides is 1. The zero-order valence-corrected chi connectivity index (χ0v) is 19.2. The van der Waals surface area contributed by atoms with Crippen LogP contribution in [0, 0.1) is 6.92 Å². The van der Waals surface area contributed by atoms with Crippen molar-refractivity contribution in [3.63, 3.8) is 0 Å². The first kappa shape index (κ1) is 22.6. The molecule has 172 valence electrons. The number of piperazine rings is 1. The van der Waals surface area contributed by atoms with Crippen molar-refractivity contribution in [3.8, 4) is 0 Å². The number of aryl methyl sites for hydroxylation is 1. The fourth-order valence-electron chi connectivity index (χ4n) is 3.57. The van der Waals surface area contributed by atoms with Crippen LogP contribution >= 0.6 is 0 Å². The molecule has 1 aromatic carbocycles. The van der Waals surface area contributed by atoms with Crippen molar-refractivity contribution >= 4 is 39.1 Å². The predicted octanol–water partition coefficient (Wildman–Crippen LogP) is 2.39. The lowest BCUT2D eigenvalue weighted by Crippen LogP contribution is -2.49. The van der Waals surface area contributed by atoms with Gasteiger partial charge in [-0.25, -0.2) is 23.4 Å². The average Bonchev–Trinajstić information content (AvgIpc) is 2.79. The molecule has 3 aromatic rings. The zero-order valence-electron chi connectivity index (χ0n) is 18.4. The summed E-state index contributed by atoms with van der Waals surface area (Å²) < 4.78 is 27.6. The highest BCUT2D eigenvalue weighted by molar-refractivity contribution is 7.89. The number of sulfonamides is 1. The van der Waals surface area contributed by atoms with E-state index >= 15 is 0 Å². The van der Waals surface area contributed by atoms with Crippen molar-refractivity contribution in [2.45, 2.75) is 18.7 Å². The first-order chi connectivity index (χ1) is 15.8. The largest absolute Gasteiger partial charge is 0.354 e. The van der Waals surface area contributed by atoms with Gasteiger partial charge in [-0.1, -0.05) is 6.07 Å². The van der Waals surface area contributed by atoms with Crippen LogP contribution in [-0.4, -0.2) is 59.8 Å². The van der Waals surface area contributed by atoms with Crippen molar-refractivity contribution in [2.75, 3.05) is 41.7 Å². The molecule has 1 fully saturated rings. The smallest absolute Gasteiger partial charge is 0.243 e. The van der Waals surface area contributed by atoms with Crippen LogP contribution in [0.2, 0.25) is 0 Å². The van der Waals surface area contributed by atoms with Crippen molar-refractivity contribution in [1.82, 2.24) is 19.3 Å². The van der Waals surface area contributed by atoms with Crippen LogP contribution in [0.4, 0.5) is 23.1 Å². The van der Waals surface area contributed by atoms with E-state index in [-0.39, 0.29) is 10.8 Å². The van der Waals surface area contributed by atoms with Gasteiger partial charge in [0.1, 0.15) is 23.3 Å². The van der Waals surface area contributed by atoms with Crippen LogP contribution in [0.25, 0.3) is 0 Å². The highest BCUT2D eigenvalue weighted by Gasteiger charge is 2.29. The number of hydrogen-bond donors (Lipinski definition) is 2.